The van der Waals surface area contributed by atoms with Gasteiger partial charge in [0.15, 0.2) is 0 Å². The van der Waals surface area contributed by atoms with E-state index >= 15 is 0 Å². The Morgan fingerprint density at radius 1 is 1.29 bits per heavy atom. The number of benzene rings is 1. The van der Waals surface area contributed by atoms with Crippen LogP contribution < -0.4 is 15.2 Å². The van der Waals surface area contributed by atoms with Gasteiger partial charge in [0.2, 0.25) is 0 Å². The number of hydrogen-bond donors (Lipinski definition) is 1. The van der Waals surface area contributed by atoms with E-state index in [0.717, 1.165) is 21.5 Å². The van der Waals surface area contributed by atoms with E-state index in [9.17, 15) is 0 Å². The van der Waals surface area contributed by atoms with Gasteiger partial charge in [-0.2, -0.15) is 0 Å². The van der Waals surface area contributed by atoms with Gasteiger partial charge in [-0.05, 0) is 35.0 Å². The Bertz CT molecular complexity index is 326. The summed E-state index contributed by atoms with van der Waals surface area (Å²) in [6.07, 6.45) is 0. The lowest BCUT2D eigenvalue weighted by atomic mass is 10.1. The number of methoxy groups -OCH3 is 2. The third kappa shape index (κ3) is 2.19. The molecule has 0 bridgehead atoms. The minimum absolute atomic E-state index is 0.0867. The second-order valence-corrected chi connectivity index (χ2v) is 3.87. The van der Waals surface area contributed by atoms with Gasteiger partial charge in [-0.1, -0.05) is 0 Å². The van der Waals surface area contributed by atoms with Gasteiger partial charge in [-0.15, -0.1) is 0 Å². The molecule has 4 heteroatoms. The summed E-state index contributed by atoms with van der Waals surface area (Å²) in [6, 6.07) is 3.65. The van der Waals surface area contributed by atoms with Crippen molar-refractivity contribution >= 4 is 15.9 Å². The lowest BCUT2D eigenvalue weighted by molar-refractivity contribution is 0.394. The van der Waals surface area contributed by atoms with Crippen LogP contribution in [0.4, 0.5) is 0 Å². The van der Waals surface area contributed by atoms with Gasteiger partial charge in [0, 0.05) is 11.6 Å². The Hall–Kier alpha value is -0.740. The molecule has 1 unspecified atom stereocenters. The summed E-state index contributed by atoms with van der Waals surface area (Å²) >= 11 is 3.41. The Labute approximate surface area is 92.3 Å². The molecule has 2 N–H and O–H groups in total. The zero-order valence-electron chi connectivity index (χ0n) is 8.50. The molecule has 0 saturated heterocycles. The third-order valence-electron chi connectivity index (χ3n) is 1.98. The first-order valence-corrected chi connectivity index (χ1v) is 5.06. The van der Waals surface area contributed by atoms with E-state index in [1.54, 1.807) is 14.2 Å². The molecular formula is C10H14BrNO2. The number of nitrogens with two attached hydrogens (primary N) is 1. The van der Waals surface area contributed by atoms with Gasteiger partial charge < -0.3 is 15.2 Å². The van der Waals surface area contributed by atoms with Crippen molar-refractivity contribution in [3.63, 3.8) is 0 Å². The summed E-state index contributed by atoms with van der Waals surface area (Å²) in [7, 11) is 3.25. The van der Waals surface area contributed by atoms with Gasteiger partial charge in [0.05, 0.1) is 18.7 Å². The molecule has 0 heterocycles. The van der Waals surface area contributed by atoms with Gasteiger partial charge in [0.1, 0.15) is 11.5 Å². The first kappa shape index (κ1) is 11.3. The van der Waals surface area contributed by atoms with Gasteiger partial charge in [-0.25, -0.2) is 0 Å². The zero-order valence-corrected chi connectivity index (χ0v) is 10.1. The number of hydrogen-bond acceptors (Lipinski definition) is 3. The van der Waals surface area contributed by atoms with Crippen LogP contribution in [0.2, 0.25) is 0 Å². The average Bonchev–Trinajstić information content (AvgIpc) is 2.16. The van der Waals surface area contributed by atoms with E-state index < -0.39 is 0 Å². The Morgan fingerprint density at radius 2 is 1.93 bits per heavy atom. The summed E-state index contributed by atoms with van der Waals surface area (Å²) in [4.78, 5) is 0. The molecule has 0 aliphatic heterocycles. The molecule has 1 atom stereocenters. The molecule has 1 rings (SSSR count). The highest BCUT2D eigenvalue weighted by Crippen LogP contribution is 2.35. The first-order chi connectivity index (χ1) is 6.60. The SMILES string of the molecule is COc1cc(Br)c(OC)c(C(C)N)c1. The summed E-state index contributed by atoms with van der Waals surface area (Å²) in [6.45, 7) is 1.91. The lowest BCUT2D eigenvalue weighted by Crippen LogP contribution is -2.07. The minimum atomic E-state index is -0.0867. The van der Waals surface area contributed by atoms with Crippen LogP contribution >= 0.6 is 15.9 Å². The van der Waals surface area contributed by atoms with E-state index in [-0.39, 0.29) is 6.04 Å². The maximum absolute atomic E-state index is 5.83. The molecule has 0 aliphatic rings. The zero-order chi connectivity index (χ0) is 10.7. The maximum Gasteiger partial charge on any atom is 0.138 e. The fraction of sp³-hybridized carbons (Fsp3) is 0.400. The van der Waals surface area contributed by atoms with Crippen LogP contribution in [0.1, 0.15) is 18.5 Å². The summed E-state index contributed by atoms with van der Waals surface area (Å²) in [5, 5.41) is 0. The largest absolute Gasteiger partial charge is 0.497 e. The van der Waals surface area contributed by atoms with E-state index in [1.165, 1.54) is 0 Å². The number of halogens is 1. The molecular weight excluding hydrogens is 246 g/mol. The Morgan fingerprint density at radius 3 is 2.36 bits per heavy atom. The second kappa shape index (κ2) is 4.66. The smallest absolute Gasteiger partial charge is 0.138 e. The topological polar surface area (TPSA) is 44.5 Å². The van der Waals surface area contributed by atoms with Crippen LogP contribution in [0.3, 0.4) is 0 Å². The lowest BCUT2D eigenvalue weighted by Gasteiger charge is -2.14. The van der Waals surface area contributed by atoms with Crippen LogP contribution in [0.15, 0.2) is 16.6 Å². The standard InChI is InChI=1S/C10H14BrNO2/c1-6(12)8-4-7(13-2)5-9(11)10(8)14-3/h4-6H,12H2,1-3H3. The van der Waals surface area contributed by atoms with Gasteiger partial charge in [0.25, 0.3) is 0 Å². The van der Waals surface area contributed by atoms with E-state index in [0.29, 0.717) is 0 Å². The van der Waals surface area contributed by atoms with E-state index in [2.05, 4.69) is 15.9 Å². The van der Waals surface area contributed by atoms with Crippen molar-refractivity contribution in [3.05, 3.63) is 22.2 Å². The van der Waals surface area contributed by atoms with Crippen molar-refractivity contribution in [3.8, 4) is 11.5 Å². The molecule has 0 aromatic heterocycles. The third-order valence-corrected chi connectivity index (χ3v) is 2.57. The Kier molecular flexibility index (Phi) is 3.77. The summed E-state index contributed by atoms with van der Waals surface area (Å²) in [5.41, 5.74) is 6.76. The molecule has 0 radical (unpaired) electrons. The Balaban J connectivity index is 3.28. The molecule has 1 aromatic rings. The molecule has 14 heavy (non-hydrogen) atoms. The van der Waals surface area contributed by atoms with Crippen molar-refractivity contribution in [2.45, 2.75) is 13.0 Å². The maximum atomic E-state index is 5.83. The first-order valence-electron chi connectivity index (χ1n) is 4.27. The van der Waals surface area contributed by atoms with Crippen molar-refractivity contribution in [2.24, 2.45) is 5.73 Å². The highest BCUT2D eigenvalue weighted by Gasteiger charge is 2.13. The van der Waals surface area contributed by atoms with Crippen LogP contribution in [-0.2, 0) is 0 Å². The monoisotopic (exact) mass is 259 g/mol. The molecule has 0 amide bonds. The van der Waals surface area contributed by atoms with E-state index in [4.69, 9.17) is 15.2 Å². The molecule has 1 aromatic carbocycles. The number of ether oxygens (including phenoxy) is 2. The van der Waals surface area contributed by atoms with Crippen molar-refractivity contribution in [1.29, 1.82) is 0 Å². The fourth-order valence-corrected chi connectivity index (χ4v) is 1.88. The molecule has 0 aliphatic carbocycles. The number of rotatable bonds is 3. The molecule has 78 valence electrons. The summed E-state index contributed by atoms with van der Waals surface area (Å²) < 4.78 is 11.3. The van der Waals surface area contributed by atoms with Gasteiger partial charge in [-0.3, -0.25) is 0 Å². The highest BCUT2D eigenvalue weighted by molar-refractivity contribution is 9.10. The quantitative estimate of drug-likeness (QED) is 0.908. The van der Waals surface area contributed by atoms with Crippen LogP contribution in [0.5, 0.6) is 11.5 Å². The van der Waals surface area contributed by atoms with Crippen molar-refractivity contribution < 1.29 is 9.47 Å². The van der Waals surface area contributed by atoms with E-state index in [1.807, 2.05) is 19.1 Å². The fourth-order valence-electron chi connectivity index (χ4n) is 1.26. The molecule has 0 saturated carbocycles. The molecule has 0 fully saturated rings. The molecule has 0 spiro atoms. The van der Waals surface area contributed by atoms with Crippen molar-refractivity contribution in [1.82, 2.24) is 0 Å². The molecule has 3 nitrogen and oxygen atoms in total. The normalized spacial score (nSPS) is 12.4. The minimum Gasteiger partial charge on any atom is -0.497 e. The van der Waals surface area contributed by atoms with Crippen LogP contribution in [0, 0.1) is 0 Å². The highest BCUT2D eigenvalue weighted by atomic mass is 79.9. The van der Waals surface area contributed by atoms with Crippen LogP contribution in [-0.4, -0.2) is 14.2 Å². The van der Waals surface area contributed by atoms with Gasteiger partial charge >= 0.3 is 0 Å². The second-order valence-electron chi connectivity index (χ2n) is 3.02. The van der Waals surface area contributed by atoms with Crippen LogP contribution in [0.25, 0.3) is 0 Å². The predicted molar refractivity (Wildman–Crippen MR) is 59.8 cm³/mol. The predicted octanol–water partition coefficient (Wildman–Crippen LogP) is 2.49. The van der Waals surface area contributed by atoms with Crippen molar-refractivity contribution in [2.75, 3.05) is 14.2 Å². The average molecular weight is 260 g/mol. The summed E-state index contributed by atoms with van der Waals surface area (Å²) in [5.74, 6) is 1.53.